The molecular weight excluding hydrogens is 362 g/mol. The highest BCUT2D eigenvalue weighted by atomic mass is 16.5. The molecule has 1 aliphatic rings. The van der Waals surface area contributed by atoms with E-state index in [0.29, 0.717) is 0 Å². The number of hydrogen-bond donors (Lipinski definition) is 0. The van der Waals surface area contributed by atoms with Crippen LogP contribution in [0.5, 0.6) is 0 Å². The Kier molecular flexibility index (Phi) is 3.95. The van der Waals surface area contributed by atoms with E-state index >= 15 is 0 Å². The van der Waals surface area contributed by atoms with Crippen LogP contribution in [0.15, 0.2) is 83.5 Å². The molecule has 0 atom stereocenters. The highest BCUT2D eigenvalue weighted by molar-refractivity contribution is 6.17. The molecule has 5 rings (SSSR count). The molecule has 0 saturated carbocycles. The Morgan fingerprint density at radius 2 is 1.45 bits per heavy atom. The molecule has 5 heteroatoms. The van der Waals surface area contributed by atoms with Crippen LogP contribution >= 0.6 is 0 Å². The van der Waals surface area contributed by atoms with E-state index in [1.807, 2.05) is 84.2 Å². The smallest absolute Gasteiger partial charge is 0.317 e. The van der Waals surface area contributed by atoms with E-state index in [-0.39, 0.29) is 17.7 Å². The topological polar surface area (TPSA) is 46.8 Å². The number of ether oxygens (including phenoxy) is 1. The van der Waals surface area contributed by atoms with Crippen molar-refractivity contribution in [1.29, 1.82) is 0 Å². The molecule has 1 aliphatic heterocycles. The summed E-state index contributed by atoms with van der Waals surface area (Å²) in [5.41, 5.74) is 3.89. The van der Waals surface area contributed by atoms with Gasteiger partial charge in [0.1, 0.15) is 0 Å². The molecular formula is C24H19N3O2. The first-order valence-corrected chi connectivity index (χ1v) is 9.40. The third-order valence-electron chi connectivity index (χ3n) is 5.09. The van der Waals surface area contributed by atoms with Gasteiger partial charge in [0.05, 0.1) is 11.0 Å². The molecule has 0 fully saturated rings. The van der Waals surface area contributed by atoms with Gasteiger partial charge in [-0.05, 0) is 35.9 Å². The van der Waals surface area contributed by atoms with Crippen molar-refractivity contribution in [3.8, 4) is 0 Å². The second kappa shape index (κ2) is 6.63. The molecule has 1 aromatic heterocycles. The summed E-state index contributed by atoms with van der Waals surface area (Å²) in [6, 6.07) is 24.3. The van der Waals surface area contributed by atoms with E-state index in [9.17, 15) is 4.79 Å². The average Bonchev–Trinajstić information content (AvgIpc) is 3.26. The predicted molar refractivity (Wildman–Crippen MR) is 117 cm³/mol. The van der Waals surface area contributed by atoms with Gasteiger partial charge in [0, 0.05) is 30.6 Å². The molecule has 4 aromatic rings. The van der Waals surface area contributed by atoms with Gasteiger partial charge in [-0.2, -0.15) is 4.99 Å². The number of rotatable bonds is 2. The summed E-state index contributed by atoms with van der Waals surface area (Å²) in [6.45, 7) is 0. The quantitative estimate of drug-likeness (QED) is 0.474. The molecule has 0 aliphatic carbocycles. The lowest BCUT2D eigenvalue weighted by molar-refractivity contribution is -0.115. The van der Waals surface area contributed by atoms with E-state index in [4.69, 9.17) is 4.74 Å². The monoisotopic (exact) mass is 381 g/mol. The summed E-state index contributed by atoms with van der Waals surface area (Å²) in [6.07, 6.45) is 1.73. The SMILES string of the molecule is CN(C)c1ccc(C=C2OC(n3c4ccccc4c4ccccc43)=NC2=O)cc1. The van der Waals surface area contributed by atoms with Crippen molar-refractivity contribution in [2.45, 2.75) is 0 Å². The summed E-state index contributed by atoms with van der Waals surface area (Å²) >= 11 is 0. The predicted octanol–water partition coefficient (Wildman–Crippen LogP) is 4.66. The number of carbonyl (C=O) groups is 1. The zero-order valence-corrected chi connectivity index (χ0v) is 16.2. The van der Waals surface area contributed by atoms with Gasteiger partial charge in [0.25, 0.3) is 0 Å². The molecule has 2 heterocycles. The van der Waals surface area contributed by atoms with Crippen molar-refractivity contribution in [3.63, 3.8) is 0 Å². The summed E-state index contributed by atoms with van der Waals surface area (Å²) in [5, 5.41) is 2.19. The molecule has 0 saturated heterocycles. The number of nitrogens with zero attached hydrogens (tertiary/aromatic N) is 3. The summed E-state index contributed by atoms with van der Waals surface area (Å²) in [7, 11) is 3.98. The van der Waals surface area contributed by atoms with Crippen LogP contribution in [0.25, 0.3) is 27.9 Å². The molecule has 0 N–H and O–H groups in total. The fourth-order valence-electron chi connectivity index (χ4n) is 3.64. The van der Waals surface area contributed by atoms with Crippen LogP contribution in [0, 0.1) is 0 Å². The van der Waals surface area contributed by atoms with Gasteiger partial charge in [-0.3, -0.25) is 9.36 Å². The Hall–Kier alpha value is -3.86. The summed E-state index contributed by atoms with van der Waals surface area (Å²) in [4.78, 5) is 18.8. The maximum absolute atomic E-state index is 12.5. The van der Waals surface area contributed by atoms with Crippen LogP contribution in [-0.2, 0) is 9.53 Å². The Balaban J connectivity index is 1.56. The summed E-state index contributed by atoms with van der Waals surface area (Å²) < 4.78 is 7.83. The molecule has 5 nitrogen and oxygen atoms in total. The zero-order chi connectivity index (χ0) is 20.0. The van der Waals surface area contributed by atoms with Crippen LogP contribution in [0.4, 0.5) is 5.69 Å². The van der Waals surface area contributed by atoms with Crippen molar-refractivity contribution < 1.29 is 9.53 Å². The first-order chi connectivity index (χ1) is 14.1. The van der Waals surface area contributed by atoms with Gasteiger partial charge in [-0.1, -0.05) is 48.5 Å². The molecule has 142 valence electrons. The van der Waals surface area contributed by atoms with Crippen molar-refractivity contribution >= 4 is 45.5 Å². The standard InChI is InChI=1S/C24H19N3O2/c1-26(2)17-13-11-16(12-14-17)15-22-23(28)25-24(29-22)27-20-9-5-3-7-18(20)19-8-4-6-10-21(19)27/h3-15H,1-2H3. The van der Waals surface area contributed by atoms with Crippen LogP contribution < -0.4 is 4.90 Å². The number of hydrogen-bond acceptors (Lipinski definition) is 3. The van der Waals surface area contributed by atoms with Crippen molar-refractivity contribution in [3.05, 3.63) is 84.1 Å². The average molecular weight is 381 g/mol. The minimum atomic E-state index is -0.376. The van der Waals surface area contributed by atoms with Crippen molar-refractivity contribution in [1.82, 2.24) is 4.57 Å². The fourth-order valence-corrected chi connectivity index (χ4v) is 3.64. The molecule has 29 heavy (non-hydrogen) atoms. The van der Waals surface area contributed by atoms with Gasteiger partial charge in [-0.25, -0.2) is 0 Å². The van der Waals surface area contributed by atoms with Crippen LogP contribution in [0.1, 0.15) is 5.56 Å². The number of anilines is 1. The molecule has 1 amide bonds. The molecule has 3 aromatic carbocycles. The molecule has 0 unspecified atom stereocenters. The number of aliphatic imine (C=N–C) groups is 1. The lowest BCUT2D eigenvalue weighted by atomic mass is 10.2. The van der Waals surface area contributed by atoms with Crippen molar-refractivity contribution in [2.75, 3.05) is 19.0 Å². The maximum atomic E-state index is 12.5. The summed E-state index contributed by atoms with van der Waals surface area (Å²) in [5.74, 6) is -0.155. The van der Waals surface area contributed by atoms with E-state index < -0.39 is 0 Å². The van der Waals surface area contributed by atoms with Crippen LogP contribution in [0.2, 0.25) is 0 Å². The van der Waals surface area contributed by atoms with Gasteiger partial charge in [0.2, 0.25) is 0 Å². The fraction of sp³-hybridized carbons (Fsp3) is 0.0833. The van der Waals surface area contributed by atoms with Gasteiger partial charge < -0.3 is 9.64 Å². The van der Waals surface area contributed by atoms with Crippen LogP contribution in [-0.4, -0.2) is 30.6 Å². The number of carbonyl (C=O) groups excluding carboxylic acids is 1. The third kappa shape index (κ3) is 2.88. The minimum Gasteiger partial charge on any atom is -0.419 e. The first-order valence-electron chi connectivity index (χ1n) is 9.40. The first kappa shape index (κ1) is 17.3. The Morgan fingerprint density at radius 3 is 2.03 bits per heavy atom. The number of amides is 1. The second-order valence-electron chi connectivity index (χ2n) is 7.17. The number of para-hydroxylation sites is 2. The number of benzene rings is 3. The number of aromatic nitrogens is 1. The molecule has 0 bridgehead atoms. The Labute approximate surface area is 168 Å². The lowest BCUT2D eigenvalue weighted by Crippen LogP contribution is -2.11. The van der Waals surface area contributed by atoms with E-state index in [1.54, 1.807) is 6.08 Å². The van der Waals surface area contributed by atoms with E-state index in [0.717, 1.165) is 33.1 Å². The normalized spacial score (nSPS) is 15.2. The largest absolute Gasteiger partial charge is 0.419 e. The van der Waals surface area contributed by atoms with E-state index in [2.05, 4.69) is 17.1 Å². The zero-order valence-electron chi connectivity index (χ0n) is 16.2. The molecule has 0 radical (unpaired) electrons. The highest BCUT2D eigenvalue weighted by Gasteiger charge is 2.26. The van der Waals surface area contributed by atoms with E-state index in [1.165, 1.54) is 0 Å². The maximum Gasteiger partial charge on any atom is 0.317 e. The van der Waals surface area contributed by atoms with Crippen LogP contribution in [0.3, 0.4) is 0 Å². The lowest BCUT2D eigenvalue weighted by Gasteiger charge is -2.11. The van der Waals surface area contributed by atoms with Crippen molar-refractivity contribution in [2.24, 2.45) is 4.99 Å². The minimum absolute atomic E-state index is 0.222. The van der Waals surface area contributed by atoms with Gasteiger partial charge >= 0.3 is 11.9 Å². The number of fused-ring (bicyclic) bond motifs is 3. The second-order valence-corrected chi connectivity index (χ2v) is 7.17. The van der Waals surface area contributed by atoms with Gasteiger partial charge in [-0.15, -0.1) is 0 Å². The highest BCUT2D eigenvalue weighted by Crippen LogP contribution is 2.30. The third-order valence-corrected chi connectivity index (χ3v) is 5.09. The molecule has 0 spiro atoms. The Bertz CT molecular complexity index is 1260. The van der Waals surface area contributed by atoms with Gasteiger partial charge in [0.15, 0.2) is 5.76 Å². The Morgan fingerprint density at radius 1 is 0.862 bits per heavy atom.